The number of amides is 2. The van der Waals surface area contributed by atoms with Gasteiger partial charge >= 0.3 is 6.09 Å². The molecule has 10 nitrogen and oxygen atoms in total. The fourth-order valence-electron chi connectivity index (χ4n) is 4.60. The first-order valence-electron chi connectivity index (χ1n) is 13.6. The quantitative estimate of drug-likeness (QED) is 0.328. The van der Waals surface area contributed by atoms with Gasteiger partial charge in [0.15, 0.2) is 5.13 Å². The molecule has 0 aliphatic carbocycles. The summed E-state index contributed by atoms with van der Waals surface area (Å²) < 4.78 is 33.9. The molecule has 1 aromatic heterocycles. The van der Waals surface area contributed by atoms with Crippen LogP contribution in [0.3, 0.4) is 0 Å². The molecule has 3 aromatic rings. The number of aromatic nitrogens is 1. The Balaban J connectivity index is 0.00000462. The number of aryl methyl sites for hydroxylation is 1. The second-order valence-corrected chi connectivity index (χ2v) is 12.5. The van der Waals surface area contributed by atoms with Crippen LogP contribution in [-0.4, -0.2) is 98.5 Å². The number of sulfonamides is 1. The molecule has 1 saturated heterocycles. The van der Waals surface area contributed by atoms with Gasteiger partial charge in [-0.15, -0.1) is 12.4 Å². The number of hydrogen-bond donors (Lipinski definition) is 0. The first-order chi connectivity index (χ1) is 19.2. The first kappa shape index (κ1) is 32.7. The third-order valence-corrected chi connectivity index (χ3v) is 10.0. The monoisotopic (exact) mass is 623 g/mol. The zero-order valence-electron chi connectivity index (χ0n) is 23.9. The Bertz CT molecular complexity index is 1440. The summed E-state index contributed by atoms with van der Waals surface area (Å²) in [5.41, 5.74) is 2.36. The molecule has 224 valence electrons. The van der Waals surface area contributed by atoms with Crippen molar-refractivity contribution in [1.29, 1.82) is 0 Å². The van der Waals surface area contributed by atoms with Crippen molar-refractivity contribution in [3.63, 3.8) is 0 Å². The molecular formula is C28H38ClN5O5S2. The van der Waals surface area contributed by atoms with Crippen LogP contribution in [-0.2, 0) is 14.8 Å². The van der Waals surface area contributed by atoms with Crippen LogP contribution < -0.4 is 4.90 Å². The number of likely N-dealkylation sites (N-methyl/N-ethyl adjacent to an activating group) is 1. The Morgan fingerprint density at radius 1 is 0.976 bits per heavy atom. The predicted octanol–water partition coefficient (Wildman–Crippen LogP) is 4.48. The van der Waals surface area contributed by atoms with Gasteiger partial charge in [-0.2, -0.15) is 4.31 Å². The molecule has 1 aliphatic heterocycles. The molecular weight excluding hydrogens is 586 g/mol. The maximum absolute atomic E-state index is 13.8. The summed E-state index contributed by atoms with van der Waals surface area (Å²) in [6.45, 7) is 12.0. The van der Waals surface area contributed by atoms with Crippen molar-refractivity contribution in [3.8, 4) is 0 Å². The van der Waals surface area contributed by atoms with Gasteiger partial charge in [0.05, 0.1) is 21.7 Å². The van der Waals surface area contributed by atoms with Crippen molar-refractivity contribution in [3.05, 3.63) is 53.6 Å². The number of ether oxygens (including phenoxy) is 1. The smallest absolute Gasteiger partial charge is 0.409 e. The van der Waals surface area contributed by atoms with Gasteiger partial charge < -0.3 is 14.5 Å². The first-order valence-corrected chi connectivity index (χ1v) is 15.9. The van der Waals surface area contributed by atoms with E-state index in [1.807, 2.05) is 19.1 Å². The molecule has 2 amide bonds. The average Bonchev–Trinajstić information content (AvgIpc) is 3.38. The van der Waals surface area contributed by atoms with E-state index in [-0.39, 0.29) is 56.0 Å². The number of nitrogens with zero attached hydrogens (tertiary/aromatic N) is 5. The minimum atomic E-state index is -3.78. The standard InChI is InChI=1S/C28H37N5O5S2.ClH/c1-5-30(6-2)14-19-33(27-29-24-13-8-21(4)20-25(24)39-27)26(34)22-9-11-23(12-10-22)40(36,37)32-17-15-31(16-18-32)28(35)38-7-3;/h8-13,20H,5-7,14-19H2,1-4H3;1H. The second kappa shape index (κ2) is 14.4. The average molecular weight is 624 g/mol. The molecule has 0 unspecified atom stereocenters. The Morgan fingerprint density at radius 2 is 1.63 bits per heavy atom. The number of fused-ring (bicyclic) bond motifs is 1. The van der Waals surface area contributed by atoms with E-state index in [0.717, 1.165) is 28.9 Å². The van der Waals surface area contributed by atoms with Crippen molar-refractivity contribution in [2.45, 2.75) is 32.6 Å². The zero-order valence-corrected chi connectivity index (χ0v) is 26.4. The third kappa shape index (κ3) is 7.55. The molecule has 2 aromatic carbocycles. The fourth-order valence-corrected chi connectivity index (χ4v) is 7.11. The minimum Gasteiger partial charge on any atom is -0.450 e. The summed E-state index contributed by atoms with van der Waals surface area (Å²) in [6, 6.07) is 12.1. The third-order valence-electron chi connectivity index (χ3n) is 7.05. The van der Waals surface area contributed by atoms with Crippen LogP contribution in [0.25, 0.3) is 10.2 Å². The Labute approximate surface area is 252 Å². The van der Waals surface area contributed by atoms with Crippen molar-refractivity contribution >= 4 is 61.1 Å². The van der Waals surface area contributed by atoms with Crippen LogP contribution in [0.4, 0.5) is 9.93 Å². The summed E-state index contributed by atoms with van der Waals surface area (Å²) in [5.74, 6) is -0.227. The van der Waals surface area contributed by atoms with Crippen LogP contribution in [0, 0.1) is 6.92 Å². The van der Waals surface area contributed by atoms with E-state index < -0.39 is 16.1 Å². The van der Waals surface area contributed by atoms with Crippen LogP contribution in [0.1, 0.15) is 36.7 Å². The van der Waals surface area contributed by atoms with E-state index in [1.54, 1.807) is 24.0 Å². The highest BCUT2D eigenvalue weighted by atomic mass is 35.5. The van der Waals surface area contributed by atoms with Gasteiger partial charge in [0, 0.05) is 44.8 Å². The van der Waals surface area contributed by atoms with Gasteiger partial charge in [-0.25, -0.2) is 18.2 Å². The van der Waals surface area contributed by atoms with Crippen LogP contribution in [0.15, 0.2) is 47.4 Å². The normalized spacial score (nSPS) is 14.2. The SMILES string of the molecule is CCOC(=O)N1CCN(S(=O)(=O)c2ccc(C(=O)N(CCN(CC)CC)c3nc4ccc(C)cc4s3)cc2)CC1.Cl. The van der Waals surface area contributed by atoms with Crippen LogP contribution in [0.2, 0.25) is 0 Å². The topological polar surface area (TPSA) is 103 Å². The van der Waals surface area contributed by atoms with Gasteiger partial charge in [-0.3, -0.25) is 9.69 Å². The van der Waals surface area contributed by atoms with E-state index in [4.69, 9.17) is 9.72 Å². The molecule has 13 heteroatoms. The van der Waals surface area contributed by atoms with Gasteiger partial charge in [0.2, 0.25) is 10.0 Å². The summed E-state index contributed by atoms with van der Waals surface area (Å²) in [7, 11) is -3.78. The molecule has 1 aliphatic rings. The number of halogens is 1. The number of carbonyl (C=O) groups is 2. The Hall–Kier alpha value is -2.77. The maximum Gasteiger partial charge on any atom is 0.409 e. The highest BCUT2D eigenvalue weighted by molar-refractivity contribution is 7.89. The van der Waals surface area contributed by atoms with E-state index in [1.165, 1.54) is 32.7 Å². The molecule has 0 N–H and O–H groups in total. The molecule has 41 heavy (non-hydrogen) atoms. The second-order valence-electron chi connectivity index (χ2n) is 9.57. The summed E-state index contributed by atoms with van der Waals surface area (Å²) in [5, 5.41) is 0.619. The number of carbonyl (C=O) groups excluding carboxylic acids is 2. The molecule has 0 radical (unpaired) electrons. The molecule has 4 rings (SSSR count). The van der Waals surface area contributed by atoms with Crippen molar-refractivity contribution < 1.29 is 22.7 Å². The van der Waals surface area contributed by atoms with Crippen molar-refractivity contribution in [2.24, 2.45) is 0 Å². The number of benzene rings is 2. The highest BCUT2D eigenvalue weighted by Gasteiger charge is 2.31. The number of anilines is 1. The van der Waals surface area contributed by atoms with E-state index in [2.05, 4.69) is 24.8 Å². The molecule has 0 saturated carbocycles. The predicted molar refractivity (Wildman–Crippen MR) is 165 cm³/mol. The Kier molecular flexibility index (Phi) is 11.5. The summed E-state index contributed by atoms with van der Waals surface area (Å²) >= 11 is 1.48. The molecule has 2 heterocycles. The number of thiazole rings is 1. The Morgan fingerprint density at radius 3 is 2.24 bits per heavy atom. The van der Waals surface area contributed by atoms with Gasteiger partial charge in [0.1, 0.15) is 0 Å². The lowest BCUT2D eigenvalue weighted by Crippen LogP contribution is -2.50. The van der Waals surface area contributed by atoms with Gasteiger partial charge in [-0.1, -0.05) is 31.3 Å². The van der Waals surface area contributed by atoms with E-state index in [9.17, 15) is 18.0 Å². The number of piperazine rings is 1. The van der Waals surface area contributed by atoms with Crippen LogP contribution in [0.5, 0.6) is 0 Å². The molecule has 0 bridgehead atoms. The maximum atomic E-state index is 13.8. The van der Waals surface area contributed by atoms with E-state index >= 15 is 0 Å². The molecule has 1 fully saturated rings. The van der Waals surface area contributed by atoms with Gasteiger partial charge in [-0.05, 0) is 68.9 Å². The van der Waals surface area contributed by atoms with E-state index in [0.29, 0.717) is 23.8 Å². The minimum absolute atomic E-state index is 0. The largest absolute Gasteiger partial charge is 0.450 e. The highest BCUT2D eigenvalue weighted by Crippen LogP contribution is 2.31. The van der Waals surface area contributed by atoms with Crippen LogP contribution >= 0.6 is 23.7 Å². The zero-order chi connectivity index (χ0) is 28.9. The lowest BCUT2D eigenvalue weighted by atomic mass is 10.2. The number of hydrogen-bond acceptors (Lipinski definition) is 8. The van der Waals surface area contributed by atoms with Gasteiger partial charge in [0.25, 0.3) is 5.91 Å². The van der Waals surface area contributed by atoms with Crippen molar-refractivity contribution in [2.75, 3.05) is 63.9 Å². The fraction of sp³-hybridized carbons (Fsp3) is 0.464. The summed E-state index contributed by atoms with van der Waals surface area (Å²) in [6.07, 6.45) is -0.434. The lowest BCUT2D eigenvalue weighted by molar-refractivity contribution is 0.0933. The molecule has 0 atom stereocenters. The molecule has 0 spiro atoms. The lowest BCUT2D eigenvalue weighted by Gasteiger charge is -2.33. The van der Waals surface area contributed by atoms with Crippen molar-refractivity contribution in [1.82, 2.24) is 19.1 Å². The summed E-state index contributed by atoms with van der Waals surface area (Å²) in [4.78, 5) is 36.0. The number of rotatable bonds is 10.